The summed E-state index contributed by atoms with van der Waals surface area (Å²) in [5, 5.41) is 22.0. The van der Waals surface area contributed by atoms with E-state index in [4.69, 9.17) is 34.8 Å². The zero-order valence-electron chi connectivity index (χ0n) is 38.8. The number of hydrogen-bond acceptors (Lipinski definition) is 14. The van der Waals surface area contributed by atoms with Crippen molar-refractivity contribution in [3.05, 3.63) is 166 Å². The summed E-state index contributed by atoms with van der Waals surface area (Å²) in [5.74, 6) is -3.64. The molecule has 0 unspecified atom stereocenters. The molecule has 27 heteroatoms. The van der Waals surface area contributed by atoms with E-state index in [1.807, 2.05) is 20.8 Å². The quantitative estimate of drug-likeness (QED) is 0.0224. The molecule has 2 aliphatic carbocycles. The average molecular weight is 1150 g/mol. The van der Waals surface area contributed by atoms with Crippen molar-refractivity contribution >= 4 is 95.6 Å². The Hall–Kier alpha value is -5.21. The first-order chi connectivity index (χ1) is 34.5. The van der Waals surface area contributed by atoms with Gasteiger partial charge >= 0.3 is 11.4 Å². The molecule has 16 nitrogen and oxygen atoms in total. The van der Waals surface area contributed by atoms with Gasteiger partial charge in [0.25, 0.3) is 10.0 Å². The molecule has 0 radical (unpaired) electrons. The van der Waals surface area contributed by atoms with Crippen LogP contribution in [0.2, 0.25) is 15.5 Å². The SMILES string of the molecule is CCCSc1nc(Cl)c([N+](=O)[O-])c(Cl)n1.CCCSc1nc(Cl)c([N+](=O)[O-])c(N([C@@H]2C[C@H]2c2ccc(F)c(F)c2)S(=O)(=O)c2ccc(C)cc2)n1.Cc1ccc(S(=O)(=O)N[C@@H]2C[C@H]2c2ccc(F)c(F)c2)cc1. The van der Waals surface area contributed by atoms with Gasteiger partial charge in [0.15, 0.2) is 33.6 Å². The van der Waals surface area contributed by atoms with Crippen LogP contribution in [0.3, 0.4) is 0 Å². The molecule has 1 N–H and O–H groups in total. The van der Waals surface area contributed by atoms with Crippen LogP contribution in [-0.4, -0.2) is 70.2 Å². The smallest absolute Gasteiger partial charge is 0.258 e. The van der Waals surface area contributed by atoms with E-state index in [0.29, 0.717) is 28.5 Å². The molecule has 2 aliphatic rings. The number of thioether (sulfide) groups is 2. The van der Waals surface area contributed by atoms with Crippen molar-refractivity contribution in [3.63, 3.8) is 0 Å². The molecule has 0 spiro atoms. The number of anilines is 1. The molecular formula is C46H43Cl3F4N8O8S4. The molecule has 0 aliphatic heterocycles. The highest BCUT2D eigenvalue weighted by Gasteiger charge is 2.51. The Morgan fingerprint density at radius 3 is 1.52 bits per heavy atom. The summed E-state index contributed by atoms with van der Waals surface area (Å²) in [4.78, 5) is 36.9. The summed E-state index contributed by atoms with van der Waals surface area (Å²) in [6.45, 7) is 7.59. The van der Waals surface area contributed by atoms with E-state index >= 15 is 0 Å². The molecule has 0 bridgehead atoms. The van der Waals surface area contributed by atoms with Gasteiger partial charge in [0, 0.05) is 29.4 Å². The van der Waals surface area contributed by atoms with E-state index in [2.05, 4.69) is 24.7 Å². The number of benzene rings is 4. The lowest BCUT2D eigenvalue weighted by atomic mass is 10.1. The molecule has 8 rings (SSSR count). The van der Waals surface area contributed by atoms with Crippen LogP contribution in [0, 0.1) is 57.3 Å². The van der Waals surface area contributed by atoms with Gasteiger partial charge in [-0.2, -0.15) is 4.98 Å². The van der Waals surface area contributed by atoms with Crippen molar-refractivity contribution in [2.24, 2.45) is 0 Å². The van der Waals surface area contributed by atoms with Gasteiger partial charge in [0.05, 0.1) is 25.7 Å². The molecular weight excluding hydrogens is 1100 g/mol. The number of halogens is 7. The molecule has 2 aromatic heterocycles. The van der Waals surface area contributed by atoms with Crippen LogP contribution in [0.25, 0.3) is 0 Å². The second kappa shape index (κ2) is 24.4. The third kappa shape index (κ3) is 14.3. The molecule has 6 aromatic rings. The fourth-order valence-corrected chi connectivity index (χ4v) is 12.2. The maximum atomic E-state index is 13.9. The number of nitrogens with zero attached hydrogens (tertiary/aromatic N) is 7. The number of nitrogens with one attached hydrogen (secondary N) is 1. The summed E-state index contributed by atoms with van der Waals surface area (Å²) in [7, 11) is -7.96. The minimum Gasteiger partial charge on any atom is -0.258 e. The van der Waals surface area contributed by atoms with Crippen LogP contribution in [0.15, 0.2) is 105 Å². The fraction of sp³-hybridized carbons (Fsp3) is 0.304. The largest absolute Gasteiger partial charge is 0.349 e. The maximum absolute atomic E-state index is 13.9. The number of aromatic nitrogens is 4. The molecule has 2 saturated carbocycles. The number of nitro groups is 2. The topological polar surface area (TPSA) is 221 Å². The lowest BCUT2D eigenvalue weighted by Crippen LogP contribution is -2.35. The van der Waals surface area contributed by atoms with E-state index in [0.717, 1.165) is 58.3 Å². The second-order valence-electron chi connectivity index (χ2n) is 16.4. The molecule has 2 heterocycles. The highest BCUT2D eigenvalue weighted by Crippen LogP contribution is 2.51. The third-order valence-electron chi connectivity index (χ3n) is 10.8. The van der Waals surface area contributed by atoms with Crippen LogP contribution < -0.4 is 9.03 Å². The lowest BCUT2D eigenvalue weighted by Gasteiger charge is -2.24. The third-order valence-corrected chi connectivity index (χ3v) is 17.1. The van der Waals surface area contributed by atoms with Gasteiger partial charge in [-0.05, 0) is 99.2 Å². The Balaban J connectivity index is 0.000000199. The van der Waals surface area contributed by atoms with Crippen LogP contribution in [0.5, 0.6) is 0 Å². The molecule has 2 fully saturated rings. The van der Waals surface area contributed by atoms with Crippen molar-refractivity contribution in [1.82, 2.24) is 24.7 Å². The fourth-order valence-electron chi connectivity index (χ4n) is 7.00. The number of aryl methyl sites for hydroxylation is 2. The second-order valence-corrected chi connectivity index (χ2v) is 23.1. The number of rotatable bonds is 17. The minimum absolute atomic E-state index is 0.0941. The predicted molar refractivity (Wildman–Crippen MR) is 272 cm³/mol. The van der Waals surface area contributed by atoms with Gasteiger partial charge in [-0.25, -0.2) is 58.4 Å². The van der Waals surface area contributed by atoms with Gasteiger partial charge in [-0.15, -0.1) is 0 Å². The maximum Gasteiger partial charge on any atom is 0.349 e. The molecule has 4 atom stereocenters. The minimum atomic E-state index is -4.37. The van der Waals surface area contributed by atoms with E-state index in [-0.39, 0.29) is 43.6 Å². The van der Waals surface area contributed by atoms with Gasteiger partial charge in [-0.1, -0.05) is 120 Å². The standard InChI is InChI=1S/C23H21ClF2N4O4S2.C16H15F2NO2S.C7H7Cl2N3O2S/c1-3-10-35-23-27-21(24)20(30(31)32)22(28-23)29(36(33,34)15-7-4-13(2)5-8-15)19-12-16(19)14-6-9-17(25)18(26)11-14;1-10-2-5-12(6-3-10)22(20,21)19-16-9-13(16)11-4-7-14(17)15(18)8-11;1-2-3-15-7-10-5(8)4(12(13)14)6(9)11-7/h4-9,11,16,19H,3,10,12H2,1-2H3;2-8,13,16,19H,9H2,1H3;2-3H2,1H3/t16-,19+;13-,16+;/m00./s1. The molecule has 0 saturated heterocycles. The van der Waals surface area contributed by atoms with Crippen molar-refractivity contribution in [2.75, 3.05) is 15.8 Å². The van der Waals surface area contributed by atoms with Crippen molar-refractivity contribution in [1.29, 1.82) is 0 Å². The summed E-state index contributed by atoms with van der Waals surface area (Å²) >= 11 is 19.9. The van der Waals surface area contributed by atoms with Crippen molar-refractivity contribution < 1.29 is 44.2 Å². The normalized spacial score (nSPS) is 16.9. The van der Waals surface area contributed by atoms with Crippen molar-refractivity contribution in [2.45, 2.75) is 97.4 Å². The number of hydrogen-bond donors (Lipinski definition) is 1. The molecule has 4 aromatic carbocycles. The van der Waals surface area contributed by atoms with E-state index in [1.54, 1.807) is 43.3 Å². The van der Waals surface area contributed by atoms with Gasteiger partial charge in [0.1, 0.15) is 0 Å². The summed E-state index contributed by atoms with van der Waals surface area (Å²) in [6.07, 6.45) is 2.49. The van der Waals surface area contributed by atoms with Gasteiger partial charge in [-0.3, -0.25) is 20.2 Å². The van der Waals surface area contributed by atoms with Crippen LogP contribution >= 0.6 is 58.3 Å². The van der Waals surface area contributed by atoms with E-state index < -0.39 is 87.5 Å². The Morgan fingerprint density at radius 1 is 0.630 bits per heavy atom. The monoisotopic (exact) mass is 1140 g/mol. The Bertz CT molecular complexity index is 3230. The Morgan fingerprint density at radius 2 is 1.07 bits per heavy atom. The zero-order valence-corrected chi connectivity index (χ0v) is 44.3. The Kier molecular flexibility index (Phi) is 19.1. The highest BCUT2D eigenvalue weighted by atomic mass is 35.5. The summed E-state index contributed by atoms with van der Waals surface area (Å²) in [6, 6.07) is 18.4. The van der Waals surface area contributed by atoms with Crippen molar-refractivity contribution in [3.8, 4) is 0 Å². The van der Waals surface area contributed by atoms with Gasteiger partial charge in [0.2, 0.25) is 31.3 Å². The van der Waals surface area contributed by atoms with Crippen LogP contribution in [0.4, 0.5) is 34.8 Å². The average Bonchev–Trinajstić information content (AvgIpc) is 4.27. The number of sulfonamides is 2. The zero-order chi connectivity index (χ0) is 53.5. The first-order valence-corrected chi connectivity index (χ1v) is 27.9. The van der Waals surface area contributed by atoms with Gasteiger partial charge < -0.3 is 0 Å². The molecule has 73 heavy (non-hydrogen) atoms. The Labute approximate surface area is 441 Å². The molecule has 0 amide bonds. The van der Waals surface area contributed by atoms with Crippen LogP contribution in [0.1, 0.15) is 73.6 Å². The lowest BCUT2D eigenvalue weighted by molar-refractivity contribution is -0.385. The molecule has 388 valence electrons. The van der Waals surface area contributed by atoms with Crippen LogP contribution in [-0.2, 0) is 20.0 Å². The van der Waals surface area contributed by atoms with E-state index in [1.165, 1.54) is 47.8 Å². The summed E-state index contributed by atoms with van der Waals surface area (Å²) in [5.41, 5.74) is 1.58. The van der Waals surface area contributed by atoms with E-state index in [9.17, 15) is 54.6 Å². The summed E-state index contributed by atoms with van der Waals surface area (Å²) < 4.78 is 109. The predicted octanol–water partition coefficient (Wildman–Crippen LogP) is 12.2. The highest BCUT2D eigenvalue weighted by molar-refractivity contribution is 7.99. The first-order valence-electron chi connectivity index (χ1n) is 21.9. The first kappa shape index (κ1) is 57.1.